The van der Waals surface area contributed by atoms with Gasteiger partial charge >= 0.3 is 0 Å². The van der Waals surface area contributed by atoms with Crippen LogP contribution in [-0.2, 0) is 14.8 Å². The van der Waals surface area contributed by atoms with Gasteiger partial charge in [-0.3, -0.25) is 4.79 Å². The fraction of sp³-hybridized carbons (Fsp3) is 0.364. The van der Waals surface area contributed by atoms with Gasteiger partial charge in [0, 0.05) is 13.6 Å². The molecule has 0 unspecified atom stereocenters. The van der Waals surface area contributed by atoms with Crippen molar-refractivity contribution >= 4 is 27.3 Å². The molecule has 106 valence electrons. The zero-order valence-electron chi connectivity index (χ0n) is 10.9. The zero-order chi connectivity index (χ0) is 14.5. The highest BCUT2D eigenvalue weighted by molar-refractivity contribution is 7.89. The number of benzene rings is 1. The van der Waals surface area contributed by atoms with E-state index in [2.05, 4.69) is 15.4 Å². The van der Waals surface area contributed by atoms with Crippen LogP contribution in [0, 0.1) is 0 Å². The Hall–Kier alpha value is -1.80. The van der Waals surface area contributed by atoms with Crippen molar-refractivity contribution in [2.24, 2.45) is 0 Å². The SMILES string of the molecule is CCNS(=O)(=O)c1ccc(N)c(NCC(=O)NC)c1. The molecule has 0 atom stereocenters. The van der Waals surface area contributed by atoms with Gasteiger partial charge in [0.2, 0.25) is 15.9 Å². The van der Waals surface area contributed by atoms with Crippen LogP contribution in [0.25, 0.3) is 0 Å². The topological polar surface area (TPSA) is 113 Å². The Morgan fingerprint density at radius 2 is 2.05 bits per heavy atom. The minimum atomic E-state index is -3.54. The number of nitrogens with two attached hydrogens (primary N) is 1. The average Bonchev–Trinajstić information content (AvgIpc) is 2.37. The number of anilines is 2. The van der Waals surface area contributed by atoms with E-state index in [1.807, 2.05) is 0 Å². The van der Waals surface area contributed by atoms with Gasteiger partial charge < -0.3 is 16.4 Å². The van der Waals surface area contributed by atoms with E-state index < -0.39 is 10.0 Å². The van der Waals surface area contributed by atoms with E-state index in [4.69, 9.17) is 5.73 Å². The van der Waals surface area contributed by atoms with Crippen molar-refractivity contribution in [2.45, 2.75) is 11.8 Å². The summed E-state index contributed by atoms with van der Waals surface area (Å²) >= 11 is 0. The van der Waals surface area contributed by atoms with Crippen LogP contribution in [0.15, 0.2) is 23.1 Å². The highest BCUT2D eigenvalue weighted by Gasteiger charge is 2.14. The lowest BCUT2D eigenvalue weighted by Gasteiger charge is -2.11. The number of nitrogens with one attached hydrogen (secondary N) is 3. The monoisotopic (exact) mass is 286 g/mol. The van der Waals surface area contributed by atoms with E-state index in [0.717, 1.165) is 0 Å². The highest BCUT2D eigenvalue weighted by atomic mass is 32.2. The first kappa shape index (κ1) is 15.3. The lowest BCUT2D eigenvalue weighted by atomic mass is 10.2. The van der Waals surface area contributed by atoms with E-state index in [1.54, 1.807) is 6.92 Å². The Kier molecular flexibility index (Phi) is 5.13. The summed E-state index contributed by atoms with van der Waals surface area (Å²) in [6, 6.07) is 4.30. The lowest BCUT2D eigenvalue weighted by Crippen LogP contribution is -2.27. The van der Waals surface area contributed by atoms with Crippen LogP contribution in [-0.4, -0.2) is 34.5 Å². The van der Waals surface area contributed by atoms with Crippen molar-refractivity contribution in [2.75, 3.05) is 31.2 Å². The molecule has 0 aliphatic carbocycles. The van der Waals surface area contributed by atoms with Crippen molar-refractivity contribution in [3.8, 4) is 0 Å². The third-order valence-electron chi connectivity index (χ3n) is 2.39. The van der Waals surface area contributed by atoms with Crippen LogP contribution in [0.1, 0.15) is 6.92 Å². The van der Waals surface area contributed by atoms with Crippen molar-refractivity contribution < 1.29 is 13.2 Å². The van der Waals surface area contributed by atoms with Crippen molar-refractivity contribution in [3.05, 3.63) is 18.2 Å². The summed E-state index contributed by atoms with van der Waals surface area (Å²) in [6.07, 6.45) is 0. The summed E-state index contributed by atoms with van der Waals surface area (Å²) in [5.74, 6) is -0.223. The molecule has 8 heteroatoms. The molecule has 0 spiro atoms. The molecular weight excluding hydrogens is 268 g/mol. The van der Waals surface area contributed by atoms with E-state index >= 15 is 0 Å². The first-order chi connectivity index (χ1) is 8.90. The maximum Gasteiger partial charge on any atom is 0.240 e. The number of rotatable bonds is 6. The summed E-state index contributed by atoms with van der Waals surface area (Å²) in [4.78, 5) is 11.2. The van der Waals surface area contributed by atoms with Gasteiger partial charge in [-0.1, -0.05) is 6.92 Å². The van der Waals surface area contributed by atoms with Gasteiger partial charge in [0.25, 0.3) is 0 Å². The molecule has 0 bridgehead atoms. The Morgan fingerprint density at radius 1 is 1.37 bits per heavy atom. The largest absolute Gasteiger partial charge is 0.397 e. The number of carbonyl (C=O) groups excluding carboxylic acids is 1. The van der Waals surface area contributed by atoms with E-state index in [9.17, 15) is 13.2 Å². The van der Waals surface area contributed by atoms with E-state index in [1.165, 1.54) is 25.2 Å². The summed E-state index contributed by atoms with van der Waals surface area (Å²) in [6.45, 7) is 2.01. The second-order valence-electron chi connectivity index (χ2n) is 3.78. The molecular formula is C11H18N4O3S. The van der Waals surface area contributed by atoms with Crippen LogP contribution in [0.4, 0.5) is 11.4 Å². The standard InChI is InChI=1S/C11H18N4O3S/c1-3-15-19(17,18)8-4-5-9(12)10(6-8)14-7-11(16)13-2/h4-6,14-15H,3,7,12H2,1-2H3,(H,13,16). The molecule has 0 heterocycles. The number of likely N-dealkylation sites (N-methyl/N-ethyl adjacent to an activating group) is 1. The maximum absolute atomic E-state index is 11.8. The minimum Gasteiger partial charge on any atom is -0.397 e. The first-order valence-electron chi connectivity index (χ1n) is 5.74. The van der Waals surface area contributed by atoms with Crippen LogP contribution in [0.2, 0.25) is 0 Å². The molecule has 0 aromatic heterocycles. The lowest BCUT2D eigenvalue weighted by molar-refractivity contribution is -0.118. The smallest absolute Gasteiger partial charge is 0.240 e. The molecule has 1 rings (SSSR count). The van der Waals surface area contributed by atoms with Crippen molar-refractivity contribution in [3.63, 3.8) is 0 Å². The molecule has 0 aliphatic heterocycles. The highest BCUT2D eigenvalue weighted by Crippen LogP contribution is 2.22. The number of sulfonamides is 1. The fourth-order valence-electron chi connectivity index (χ4n) is 1.39. The second-order valence-corrected chi connectivity index (χ2v) is 5.54. The molecule has 1 amide bonds. The molecule has 7 nitrogen and oxygen atoms in total. The molecule has 1 aromatic carbocycles. The van der Waals surface area contributed by atoms with Gasteiger partial charge in [-0.15, -0.1) is 0 Å². The van der Waals surface area contributed by atoms with Crippen LogP contribution < -0.4 is 21.1 Å². The van der Waals surface area contributed by atoms with Gasteiger partial charge in [-0.25, -0.2) is 13.1 Å². The summed E-state index contributed by atoms with van der Waals surface area (Å²) < 4.78 is 26.0. The summed E-state index contributed by atoms with van der Waals surface area (Å²) in [5.41, 5.74) is 6.50. The van der Waals surface area contributed by atoms with Gasteiger partial charge in [-0.05, 0) is 18.2 Å². The minimum absolute atomic E-state index is 0.0193. The van der Waals surface area contributed by atoms with E-state index in [-0.39, 0.29) is 17.3 Å². The predicted octanol–water partition coefficient (Wildman–Crippen LogP) is -0.275. The van der Waals surface area contributed by atoms with Crippen molar-refractivity contribution in [1.82, 2.24) is 10.0 Å². The third kappa shape index (κ3) is 4.11. The maximum atomic E-state index is 11.8. The quantitative estimate of drug-likeness (QED) is 0.537. The predicted molar refractivity (Wildman–Crippen MR) is 74.3 cm³/mol. The molecule has 0 aliphatic rings. The number of carbonyl (C=O) groups is 1. The molecule has 0 saturated carbocycles. The van der Waals surface area contributed by atoms with Crippen molar-refractivity contribution in [1.29, 1.82) is 0 Å². The molecule has 0 radical (unpaired) electrons. The fourth-order valence-corrected chi connectivity index (χ4v) is 2.46. The molecule has 0 saturated heterocycles. The Bertz CT molecular complexity index is 557. The molecule has 1 aromatic rings. The molecule has 19 heavy (non-hydrogen) atoms. The summed E-state index contributed by atoms with van der Waals surface area (Å²) in [7, 11) is -2.03. The average molecular weight is 286 g/mol. The van der Waals surface area contributed by atoms with Gasteiger partial charge in [0.1, 0.15) is 0 Å². The number of nitrogen functional groups attached to an aromatic ring is 1. The number of hydrogen-bond donors (Lipinski definition) is 4. The second kappa shape index (κ2) is 6.39. The van der Waals surface area contributed by atoms with E-state index in [0.29, 0.717) is 17.9 Å². The third-order valence-corrected chi connectivity index (χ3v) is 3.93. The van der Waals surface area contributed by atoms with Gasteiger partial charge in [-0.2, -0.15) is 0 Å². The van der Waals surface area contributed by atoms with Crippen LogP contribution in [0.3, 0.4) is 0 Å². The number of hydrogen-bond acceptors (Lipinski definition) is 5. The summed E-state index contributed by atoms with van der Waals surface area (Å²) in [5, 5.41) is 5.24. The van der Waals surface area contributed by atoms with Crippen LogP contribution in [0.5, 0.6) is 0 Å². The first-order valence-corrected chi connectivity index (χ1v) is 7.22. The normalized spacial score (nSPS) is 11.1. The molecule has 5 N–H and O–H groups in total. The Labute approximate surface area is 112 Å². The van der Waals surface area contributed by atoms with Gasteiger partial charge in [0.15, 0.2) is 0 Å². The Balaban J connectivity index is 2.97. The van der Waals surface area contributed by atoms with Gasteiger partial charge in [0.05, 0.1) is 22.8 Å². The molecule has 0 fully saturated rings. The number of amides is 1. The van der Waals surface area contributed by atoms with Crippen LogP contribution >= 0.6 is 0 Å². The zero-order valence-corrected chi connectivity index (χ0v) is 11.7. The Morgan fingerprint density at radius 3 is 2.63 bits per heavy atom.